The van der Waals surface area contributed by atoms with Gasteiger partial charge in [-0.3, -0.25) is 9.65 Å². The zero-order valence-electron chi connectivity index (χ0n) is 13.7. The maximum Gasteiger partial charge on any atom is 0.204 e. The zero-order chi connectivity index (χ0) is 16.1. The van der Waals surface area contributed by atoms with Gasteiger partial charge in [-0.05, 0) is 57.1 Å². The summed E-state index contributed by atoms with van der Waals surface area (Å²) >= 11 is 0. The van der Waals surface area contributed by atoms with Crippen molar-refractivity contribution in [3.05, 3.63) is 60.7 Å². The van der Waals surface area contributed by atoms with Crippen LogP contribution in [0, 0.1) is 0 Å². The van der Waals surface area contributed by atoms with Crippen LogP contribution in [-0.4, -0.2) is 30.6 Å². The molecule has 1 saturated heterocycles. The largest absolute Gasteiger partial charge is 0.302 e. The molecule has 2 aromatic carbocycles. The summed E-state index contributed by atoms with van der Waals surface area (Å²) in [5.74, 6) is 0. The molecule has 4 heteroatoms. The molecule has 3 nitrogen and oxygen atoms in total. The van der Waals surface area contributed by atoms with Gasteiger partial charge < -0.3 is 4.90 Å². The minimum Gasteiger partial charge on any atom is -0.302 e. The highest BCUT2D eigenvalue weighted by molar-refractivity contribution is 7.76. The number of hydrogen-bond acceptors (Lipinski definition) is 2. The summed E-state index contributed by atoms with van der Waals surface area (Å²) in [6, 6.07) is 19.8. The van der Waals surface area contributed by atoms with E-state index in [9.17, 15) is 4.57 Å². The Morgan fingerprint density at radius 2 is 1.43 bits per heavy atom. The van der Waals surface area contributed by atoms with E-state index in [4.69, 9.17) is 0 Å². The second kappa shape index (κ2) is 7.44. The molecule has 0 amide bonds. The smallest absolute Gasteiger partial charge is 0.204 e. The summed E-state index contributed by atoms with van der Waals surface area (Å²) in [4.78, 5) is 2.46. The predicted molar refractivity (Wildman–Crippen MR) is 98.0 cm³/mol. The second-order valence-electron chi connectivity index (χ2n) is 6.32. The maximum atomic E-state index is 13.9. The molecule has 1 heterocycles. The molecule has 0 bridgehead atoms. The van der Waals surface area contributed by atoms with Crippen LogP contribution in [0.4, 0.5) is 0 Å². The summed E-state index contributed by atoms with van der Waals surface area (Å²) in [6.45, 7) is 5.40. The summed E-state index contributed by atoms with van der Waals surface area (Å²) in [7, 11) is -2.81. The molecule has 1 aliphatic rings. The molecule has 3 rings (SSSR count). The summed E-state index contributed by atoms with van der Waals surface area (Å²) in [5.41, 5.74) is 0. The van der Waals surface area contributed by atoms with Crippen molar-refractivity contribution in [3.63, 3.8) is 0 Å². The Kier molecular flexibility index (Phi) is 5.32. The molecule has 0 aromatic heterocycles. The van der Waals surface area contributed by atoms with Crippen molar-refractivity contribution in [1.82, 2.24) is 9.99 Å². The topological polar surface area (TPSA) is 32.3 Å². The summed E-state index contributed by atoms with van der Waals surface area (Å²) < 4.78 is 13.9. The average Bonchev–Trinajstić information content (AvgIpc) is 3.09. The van der Waals surface area contributed by atoms with Crippen LogP contribution >= 0.6 is 7.29 Å². The van der Waals surface area contributed by atoms with Crippen molar-refractivity contribution < 1.29 is 4.57 Å². The fourth-order valence-electron chi connectivity index (χ4n) is 3.28. The number of hydrogen-bond donors (Lipinski definition) is 1. The molecule has 0 saturated carbocycles. The fraction of sp³-hybridized carbons (Fsp3) is 0.368. The van der Waals surface area contributed by atoms with Gasteiger partial charge in [0.05, 0.1) is 0 Å². The van der Waals surface area contributed by atoms with Gasteiger partial charge in [0.1, 0.15) is 0 Å². The first-order valence-electron chi connectivity index (χ1n) is 8.40. The Hall–Kier alpha value is -1.41. The van der Waals surface area contributed by atoms with Gasteiger partial charge >= 0.3 is 0 Å². The van der Waals surface area contributed by atoms with Crippen LogP contribution in [0.5, 0.6) is 0 Å². The molecular weight excluding hydrogens is 303 g/mol. The molecule has 122 valence electrons. The van der Waals surface area contributed by atoms with Crippen LogP contribution < -0.4 is 15.7 Å². The molecule has 1 atom stereocenters. The molecule has 1 fully saturated rings. The molecule has 0 unspecified atom stereocenters. The Balaban J connectivity index is 1.85. The monoisotopic (exact) mass is 328 g/mol. The molecular formula is C19H25N2OP. The first-order chi connectivity index (χ1) is 11.2. The standard InChI is InChI=1S/C19H25N2OP/c1-17(16-21-14-8-9-15-21)20-23(22,18-10-4-2-5-11-18)19-12-6-3-7-13-19/h2-7,10-13,17H,8-9,14-16H2,1H3,(H,20,22)/t17-/m0/s1. The minimum absolute atomic E-state index is 0.180. The lowest BCUT2D eigenvalue weighted by atomic mass is 10.3. The number of likely N-dealkylation sites (tertiary alicyclic amines) is 1. The van der Waals surface area contributed by atoms with Gasteiger partial charge in [-0.1, -0.05) is 36.4 Å². The first-order valence-corrected chi connectivity index (χ1v) is 10.1. The van der Waals surface area contributed by atoms with Crippen molar-refractivity contribution in [2.45, 2.75) is 25.8 Å². The zero-order valence-corrected chi connectivity index (χ0v) is 14.6. The van der Waals surface area contributed by atoms with Crippen molar-refractivity contribution in [2.75, 3.05) is 19.6 Å². The van der Waals surface area contributed by atoms with E-state index in [1.165, 1.54) is 12.8 Å². The van der Waals surface area contributed by atoms with E-state index in [1.807, 2.05) is 60.7 Å². The average molecular weight is 328 g/mol. The SMILES string of the molecule is C[C@@H](CN1CCCC1)NP(=O)(c1ccccc1)c1ccccc1. The predicted octanol–water partition coefficient (Wildman–Crippen LogP) is 2.99. The normalized spacial score (nSPS) is 17.3. The number of nitrogens with zero attached hydrogens (tertiary/aromatic N) is 1. The molecule has 0 spiro atoms. The van der Waals surface area contributed by atoms with E-state index in [0.29, 0.717) is 0 Å². The van der Waals surface area contributed by atoms with E-state index < -0.39 is 7.29 Å². The van der Waals surface area contributed by atoms with E-state index in [2.05, 4.69) is 16.9 Å². The van der Waals surface area contributed by atoms with Gasteiger partial charge in [0.2, 0.25) is 7.29 Å². The number of rotatable bonds is 6. The molecule has 2 aromatic rings. The lowest BCUT2D eigenvalue weighted by molar-refractivity contribution is 0.313. The lowest BCUT2D eigenvalue weighted by Crippen LogP contribution is -2.40. The van der Waals surface area contributed by atoms with Crippen LogP contribution in [0.1, 0.15) is 19.8 Å². The fourth-order valence-corrected chi connectivity index (χ4v) is 5.76. The second-order valence-corrected chi connectivity index (χ2v) is 8.83. The molecule has 1 N–H and O–H groups in total. The van der Waals surface area contributed by atoms with Crippen LogP contribution in [-0.2, 0) is 4.57 Å². The molecule has 23 heavy (non-hydrogen) atoms. The Labute approximate surface area is 139 Å². The van der Waals surface area contributed by atoms with Crippen LogP contribution in [0.15, 0.2) is 60.7 Å². The highest BCUT2D eigenvalue weighted by Crippen LogP contribution is 2.39. The van der Waals surface area contributed by atoms with Gasteiger partial charge in [-0.2, -0.15) is 0 Å². The first kappa shape index (κ1) is 16.4. The van der Waals surface area contributed by atoms with E-state index in [0.717, 1.165) is 30.2 Å². The third-order valence-electron chi connectivity index (χ3n) is 4.37. The van der Waals surface area contributed by atoms with Crippen molar-refractivity contribution in [1.29, 1.82) is 0 Å². The molecule has 0 aliphatic carbocycles. The van der Waals surface area contributed by atoms with E-state index in [-0.39, 0.29) is 6.04 Å². The van der Waals surface area contributed by atoms with Crippen molar-refractivity contribution in [2.24, 2.45) is 0 Å². The molecule has 1 aliphatic heterocycles. The number of benzene rings is 2. The summed E-state index contributed by atoms with van der Waals surface area (Å²) in [5, 5.41) is 5.22. The van der Waals surface area contributed by atoms with E-state index in [1.54, 1.807) is 0 Å². The van der Waals surface area contributed by atoms with Gasteiger partial charge in [-0.25, -0.2) is 0 Å². The Bertz CT molecular complexity index is 610. The third kappa shape index (κ3) is 3.92. The van der Waals surface area contributed by atoms with Gasteiger partial charge in [0, 0.05) is 23.2 Å². The highest BCUT2D eigenvalue weighted by Gasteiger charge is 2.29. The van der Waals surface area contributed by atoms with Crippen molar-refractivity contribution in [3.8, 4) is 0 Å². The minimum atomic E-state index is -2.81. The van der Waals surface area contributed by atoms with Crippen molar-refractivity contribution >= 4 is 17.9 Å². The van der Waals surface area contributed by atoms with Crippen LogP contribution in [0.25, 0.3) is 0 Å². The van der Waals surface area contributed by atoms with Crippen LogP contribution in [0.3, 0.4) is 0 Å². The van der Waals surface area contributed by atoms with Gasteiger partial charge in [0.15, 0.2) is 0 Å². The summed E-state index contributed by atoms with van der Waals surface area (Å²) in [6.07, 6.45) is 2.56. The third-order valence-corrected chi connectivity index (χ3v) is 7.23. The van der Waals surface area contributed by atoms with Gasteiger partial charge in [0.25, 0.3) is 0 Å². The highest BCUT2D eigenvalue weighted by atomic mass is 31.2. The maximum absolute atomic E-state index is 13.9. The quantitative estimate of drug-likeness (QED) is 0.828. The molecule has 0 radical (unpaired) electrons. The lowest BCUT2D eigenvalue weighted by Gasteiger charge is -2.27. The Morgan fingerprint density at radius 3 is 1.91 bits per heavy atom. The van der Waals surface area contributed by atoms with E-state index >= 15 is 0 Å². The van der Waals surface area contributed by atoms with Crippen LogP contribution in [0.2, 0.25) is 0 Å². The number of nitrogens with one attached hydrogen (secondary N) is 1. The Morgan fingerprint density at radius 1 is 0.957 bits per heavy atom. The van der Waals surface area contributed by atoms with Gasteiger partial charge in [-0.15, -0.1) is 0 Å².